The van der Waals surface area contributed by atoms with Gasteiger partial charge in [-0.1, -0.05) is 29.0 Å². The fourth-order valence-corrected chi connectivity index (χ4v) is 4.82. The van der Waals surface area contributed by atoms with Crippen LogP contribution < -0.4 is 4.90 Å². The van der Waals surface area contributed by atoms with E-state index in [1.807, 2.05) is 24.4 Å². The molecule has 1 amide bonds. The number of para-hydroxylation sites is 1. The van der Waals surface area contributed by atoms with Crippen LogP contribution in [-0.2, 0) is 11.3 Å². The summed E-state index contributed by atoms with van der Waals surface area (Å²) in [5, 5.41) is 5.36. The van der Waals surface area contributed by atoms with Gasteiger partial charge in [0.05, 0.1) is 22.0 Å². The molecule has 5 nitrogen and oxygen atoms in total. The van der Waals surface area contributed by atoms with Crippen LogP contribution in [0.1, 0.15) is 0 Å². The van der Waals surface area contributed by atoms with Crippen LogP contribution in [0.4, 0.5) is 9.52 Å². The molecule has 0 fully saturated rings. The standard InChI is InChI=1S/C20H16ClFN4OS2/c21-16-3-1-4-17-19(16)24-20(29-17)26(12-11-25-10-2-9-23-25)18(27)13-28-15-7-5-14(22)6-8-15/h1-10H,11-13H2. The number of aromatic nitrogens is 3. The highest BCUT2D eigenvalue weighted by Crippen LogP contribution is 2.33. The van der Waals surface area contributed by atoms with Gasteiger partial charge in [-0.25, -0.2) is 9.37 Å². The van der Waals surface area contributed by atoms with Crippen molar-refractivity contribution in [2.75, 3.05) is 17.2 Å². The minimum Gasteiger partial charge on any atom is -0.285 e. The number of carbonyl (C=O) groups excluding carboxylic acids is 1. The van der Waals surface area contributed by atoms with Gasteiger partial charge in [0, 0.05) is 23.8 Å². The molecule has 0 aliphatic carbocycles. The highest BCUT2D eigenvalue weighted by atomic mass is 35.5. The van der Waals surface area contributed by atoms with E-state index < -0.39 is 0 Å². The summed E-state index contributed by atoms with van der Waals surface area (Å²) in [6.07, 6.45) is 3.55. The van der Waals surface area contributed by atoms with Gasteiger partial charge >= 0.3 is 0 Å². The van der Waals surface area contributed by atoms with Gasteiger partial charge in [0.25, 0.3) is 0 Å². The third kappa shape index (κ3) is 4.77. The third-order valence-electron chi connectivity index (χ3n) is 4.18. The van der Waals surface area contributed by atoms with E-state index in [-0.39, 0.29) is 17.5 Å². The lowest BCUT2D eigenvalue weighted by Gasteiger charge is -2.19. The monoisotopic (exact) mass is 446 g/mol. The van der Waals surface area contributed by atoms with Gasteiger partial charge in [0.15, 0.2) is 5.13 Å². The number of thiazole rings is 1. The number of amides is 1. The zero-order chi connectivity index (χ0) is 20.2. The maximum Gasteiger partial charge on any atom is 0.239 e. The number of hydrogen-bond acceptors (Lipinski definition) is 5. The Kier molecular flexibility index (Phi) is 6.13. The van der Waals surface area contributed by atoms with E-state index in [9.17, 15) is 9.18 Å². The predicted octanol–water partition coefficient (Wildman–Crippen LogP) is 5.11. The molecule has 4 aromatic rings. The van der Waals surface area contributed by atoms with Gasteiger partial charge in [-0.15, -0.1) is 11.8 Å². The number of hydrogen-bond donors (Lipinski definition) is 0. The lowest BCUT2D eigenvalue weighted by Crippen LogP contribution is -2.35. The number of nitrogens with zero attached hydrogens (tertiary/aromatic N) is 4. The molecule has 0 radical (unpaired) electrons. The maximum atomic E-state index is 13.1. The lowest BCUT2D eigenvalue weighted by atomic mass is 10.3. The highest BCUT2D eigenvalue weighted by Gasteiger charge is 2.21. The lowest BCUT2D eigenvalue weighted by molar-refractivity contribution is -0.116. The number of halogens is 2. The van der Waals surface area contributed by atoms with E-state index in [2.05, 4.69) is 10.1 Å². The SMILES string of the molecule is O=C(CSc1ccc(F)cc1)N(CCn1cccn1)c1nc2c(Cl)cccc2s1. The Hall–Kier alpha value is -2.42. The van der Waals surface area contributed by atoms with Crippen LogP contribution in [0.15, 0.2) is 65.8 Å². The minimum atomic E-state index is -0.298. The van der Waals surface area contributed by atoms with Crippen molar-refractivity contribution >= 4 is 56.0 Å². The van der Waals surface area contributed by atoms with Crippen LogP contribution in [-0.4, -0.2) is 33.0 Å². The Morgan fingerprint density at radius 2 is 2.03 bits per heavy atom. The second-order valence-electron chi connectivity index (χ2n) is 6.14. The van der Waals surface area contributed by atoms with Gasteiger partial charge < -0.3 is 0 Å². The van der Waals surface area contributed by atoms with Gasteiger partial charge in [-0.3, -0.25) is 14.4 Å². The fraction of sp³-hybridized carbons (Fsp3) is 0.150. The molecule has 0 unspecified atom stereocenters. The molecule has 0 N–H and O–H groups in total. The van der Waals surface area contributed by atoms with Crippen LogP contribution >= 0.6 is 34.7 Å². The first-order valence-corrected chi connectivity index (χ1v) is 11.0. The van der Waals surface area contributed by atoms with E-state index in [1.165, 1.54) is 35.2 Å². The molecule has 0 saturated carbocycles. The molecular weight excluding hydrogens is 431 g/mol. The number of rotatable bonds is 7. The van der Waals surface area contributed by atoms with E-state index in [1.54, 1.807) is 34.0 Å². The normalized spacial score (nSPS) is 11.1. The minimum absolute atomic E-state index is 0.0818. The predicted molar refractivity (Wildman–Crippen MR) is 116 cm³/mol. The molecule has 0 aliphatic heterocycles. The Balaban J connectivity index is 1.55. The molecule has 0 saturated heterocycles. The van der Waals surface area contributed by atoms with Crippen molar-refractivity contribution in [2.24, 2.45) is 0 Å². The van der Waals surface area contributed by atoms with Gasteiger partial charge in [0.1, 0.15) is 11.3 Å². The molecule has 0 spiro atoms. The first kappa shape index (κ1) is 19.9. The van der Waals surface area contributed by atoms with Crippen LogP contribution in [0.25, 0.3) is 10.2 Å². The Morgan fingerprint density at radius 3 is 2.76 bits per heavy atom. The van der Waals surface area contributed by atoms with Gasteiger partial charge in [0.2, 0.25) is 5.91 Å². The largest absolute Gasteiger partial charge is 0.285 e. The number of anilines is 1. The summed E-state index contributed by atoms with van der Waals surface area (Å²) in [5.74, 6) is -0.163. The Morgan fingerprint density at radius 1 is 1.21 bits per heavy atom. The van der Waals surface area contributed by atoms with Crippen LogP contribution in [0.5, 0.6) is 0 Å². The zero-order valence-corrected chi connectivity index (χ0v) is 17.6. The summed E-state index contributed by atoms with van der Waals surface area (Å²) in [6, 6.07) is 13.5. The Labute approximate surface area is 180 Å². The van der Waals surface area contributed by atoms with Crippen molar-refractivity contribution in [1.82, 2.24) is 14.8 Å². The molecule has 4 rings (SSSR count). The summed E-state index contributed by atoms with van der Waals surface area (Å²) >= 11 is 9.05. The van der Waals surface area contributed by atoms with Crippen molar-refractivity contribution in [1.29, 1.82) is 0 Å². The second-order valence-corrected chi connectivity index (χ2v) is 8.61. The summed E-state index contributed by atoms with van der Waals surface area (Å²) in [7, 11) is 0. The van der Waals surface area contributed by atoms with Crippen LogP contribution in [0.3, 0.4) is 0 Å². The van der Waals surface area contributed by atoms with Crippen molar-refractivity contribution < 1.29 is 9.18 Å². The molecule has 2 aromatic carbocycles. The number of carbonyl (C=O) groups is 1. The highest BCUT2D eigenvalue weighted by molar-refractivity contribution is 8.00. The molecule has 0 bridgehead atoms. The molecule has 29 heavy (non-hydrogen) atoms. The second kappa shape index (κ2) is 8.94. The quantitative estimate of drug-likeness (QED) is 0.370. The number of thioether (sulfide) groups is 1. The first-order chi connectivity index (χ1) is 14.1. The summed E-state index contributed by atoms with van der Waals surface area (Å²) < 4.78 is 15.8. The van der Waals surface area contributed by atoms with Crippen LogP contribution in [0.2, 0.25) is 5.02 Å². The topological polar surface area (TPSA) is 51.0 Å². The molecule has 2 heterocycles. The molecule has 148 valence electrons. The smallest absolute Gasteiger partial charge is 0.239 e. The third-order valence-corrected chi connectivity index (χ3v) is 6.52. The van der Waals surface area contributed by atoms with E-state index >= 15 is 0 Å². The van der Waals surface area contributed by atoms with Crippen molar-refractivity contribution in [2.45, 2.75) is 11.4 Å². The average Bonchev–Trinajstić information content (AvgIpc) is 3.38. The van der Waals surface area contributed by atoms with Gasteiger partial charge in [-0.2, -0.15) is 5.10 Å². The molecule has 0 aliphatic rings. The first-order valence-electron chi connectivity index (χ1n) is 8.81. The van der Waals surface area contributed by atoms with Crippen LogP contribution in [0, 0.1) is 5.82 Å². The Bertz CT molecular complexity index is 1120. The van der Waals surface area contributed by atoms with Crippen molar-refractivity contribution in [3.8, 4) is 0 Å². The van der Waals surface area contributed by atoms with E-state index in [0.29, 0.717) is 28.8 Å². The van der Waals surface area contributed by atoms with Gasteiger partial charge in [-0.05, 0) is 42.5 Å². The summed E-state index contributed by atoms with van der Waals surface area (Å²) in [6.45, 7) is 0.978. The number of benzene rings is 2. The maximum absolute atomic E-state index is 13.1. The van der Waals surface area contributed by atoms with Crippen molar-refractivity contribution in [3.63, 3.8) is 0 Å². The number of fused-ring (bicyclic) bond motifs is 1. The molecule has 2 aromatic heterocycles. The fourth-order valence-electron chi connectivity index (χ4n) is 2.73. The van der Waals surface area contributed by atoms with E-state index in [0.717, 1.165) is 9.60 Å². The zero-order valence-electron chi connectivity index (χ0n) is 15.2. The average molecular weight is 447 g/mol. The van der Waals surface area contributed by atoms with E-state index in [4.69, 9.17) is 11.6 Å². The summed E-state index contributed by atoms with van der Waals surface area (Å²) in [4.78, 5) is 20.1. The molecule has 9 heteroatoms. The van der Waals surface area contributed by atoms with Crippen molar-refractivity contribution in [3.05, 3.63) is 71.8 Å². The molecular formula is C20H16ClFN4OS2. The summed E-state index contributed by atoms with van der Waals surface area (Å²) in [5.41, 5.74) is 0.692. The molecule has 0 atom stereocenters.